The van der Waals surface area contributed by atoms with Crippen LogP contribution < -0.4 is 0 Å². The number of alkyl halides is 9. The molecule has 2 aromatic rings. The normalized spacial score (nSPS) is 19.4. The summed E-state index contributed by atoms with van der Waals surface area (Å²) in [4.78, 5) is 37.4. The van der Waals surface area contributed by atoms with Crippen LogP contribution in [0.25, 0.3) is 0 Å². The van der Waals surface area contributed by atoms with E-state index in [2.05, 4.69) is 33.1 Å². The largest absolute Gasteiger partial charge is 0.490 e. The number of aromatic nitrogens is 2. The van der Waals surface area contributed by atoms with Gasteiger partial charge in [-0.3, -0.25) is 14.9 Å². The van der Waals surface area contributed by atoms with E-state index >= 15 is 0 Å². The molecule has 2 aromatic heterocycles. The number of carboxylic acids is 3. The Morgan fingerprint density at radius 3 is 1.80 bits per heavy atom. The van der Waals surface area contributed by atoms with Crippen molar-refractivity contribution >= 4 is 17.9 Å². The molecule has 4 rings (SSSR count). The molecule has 11 nitrogen and oxygen atoms in total. The molecule has 0 aromatic carbocycles. The molecular weight excluding hydrogens is 641 g/mol. The number of ether oxygens (including phenoxy) is 2. The van der Waals surface area contributed by atoms with E-state index in [0.29, 0.717) is 12.5 Å². The van der Waals surface area contributed by atoms with Gasteiger partial charge in [0.25, 0.3) is 0 Å². The third-order valence-electron chi connectivity index (χ3n) is 5.86. The van der Waals surface area contributed by atoms with Crippen LogP contribution in [0.2, 0.25) is 0 Å². The number of carbonyl (C=O) groups is 3. The molecule has 45 heavy (non-hydrogen) atoms. The zero-order valence-electron chi connectivity index (χ0n) is 22.8. The predicted octanol–water partition coefficient (Wildman–Crippen LogP) is 4.04. The van der Waals surface area contributed by atoms with Crippen LogP contribution in [-0.2, 0) is 37.0 Å². The van der Waals surface area contributed by atoms with Crippen LogP contribution in [0.15, 0.2) is 49.1 Å². The van der Waals surface area contributed by atoms with Gasteiger partial charge in [-0.25, -0.2) is 14.4 Å². The summed E-state index contributed by atoms with van der Waals surface area (Å²) >= 11 is 0. The Hall–Kier alpha value is -4.04. The first-order chi connectivity index (χ1) is 20.7. The van der Waals surface area contributed by atoms with Gasteiger partial charge in [-0.2, -0.15) is 39.5 Å². The quantitative estimate of drug-likeness (QED) is 0.382. The lowest BCUT2D eigenvalue weighted by Gasteiger charge is -2.27. The highest BCUT2D eigenvalue weighted by Crippen LogP contribution is 2.42. The number of aliphatic carboxylic acids is 3. The smallest absolute Gasteiger partial charge is 0.475 e. The van der Waals surface area contributed by atoms with E-state index in [0.717, 1.165) is 45.0 Å². The van der Waals surface area contributed by atoms with Gasteiger partial charge in [0.15, 0.2) is 0 Å². The Bertz CT molecular complexity index is 1160. The second kappa shape index (κ2) is 16.9. The number of carboxylic acid groups (broad SMARTS) is 3. The van der Waals surface area contributed by atoms with Crippen molar-refractivity contribution < 1.29 is 78.7 Å². The van der Waals surface area contributed by atoms with Crippen molar-refractivity contribution in [2.45, 2.75) is 31.7 Å². The molecule has 0 saturated carbocycles. The lowest BCUT2D eigenvalue weighted by molar-refractivity contribution is -0.193. The van der Waals surface area contributed by atoms with Gasteiger partial charge in [0.05, 0.1) is 26.4 Å². The summed E-state index contributed by atoms with van der Waals surface area (Å²) in [6, 6.07) is 8.19. The van der Waals surface area contributed by atoms with E-state index in [-0.39, 0.29) is 5.41 Å². The summed E-state index contributed by atoms with van der Waals surface area (Å²) in [6.07, 6.45) is -7.87. The summed E-state index contributed by atoms with van der Waals surface area (Å²) in [5.41, 5.74) is 2.57. The predicted molar refractivity (Wildman–Crippen MR) is 131 cm³/mol. The van der Waals surface area contributed by atoms with E-state index in [1.165, 1.54) is 5.56 Å². The zero-order valence-corrected chi connectivity index (χ0v) is 22.8. The topological polar surface area (TPSA) is 159 Å². The highest BCUT2D eigenvalue weighted by molar-refractivity contribution is 5.73. The van der Waals surface area contributed by atoms with Gasteiger partial charge in [0.1, 0.15) is 0 Å². The molecular formula is C25H26F9N3O8. The molecule has 2 aliphatic heterocycles. The van der Waals surface area contributed by atoms with Crippen LogP contribution in [0.3, 0.4) is 0 Å². The maximum absolute atomic E-state index is 10.6. The van der Waals surface area contributed by atoms with Crippen molar-refractivity contribution in [1.82, 2.24) is 14.9 Å². The van der Waals surface area contributed by atoms with E-state index in [1.807, 2.05) is 24.7 Å². The summed E-state index contributed by atoms with van der Waals surface area (Å²) in [5.74, 6) is -7.71. The lowest BCUT2D eigenvalue weighted by Crippen LogP contribution is -2.35. The van der Waals surface area contributed by atoms with Crippen molar-refractivity contribution in [3.05, 3.63) is 60.2 Å². The molecule has 0 amide bonds. The Morgan fingerprint density at radius 1 is 0.844 bits per heavy atom. The number of nitrogens with zero attached hydrogens (tertiary/aromatic N) is 3. The Labute approximate surface area is 248 Å². The fourth-order valence-electron chi connectivity index (χ4n) is 3.87. The molecule has 252 valence electrons. The van der Waals surface area contributed by atoms with Crippen LogP contribution in [0.1, 0.15) is 11.1 Å². The van der Waals surface area contributed by atoms with Crippen molar-refractivity contribution in [3.8, 4) is 0 Å². The molecule has 2 fully saturated rings. The molecule has 20 heteroatoms. The maximum atomic E-state index is 10.6. The number of pyridine rings is 2. The van der Waals surface area contributed by atoms with Crippen molar-refractivity contribution in [3.63, 3.8) is 0 Å². The standard InChI is InChI=1S/C19H23N3O2.3C2HF3O2/c1-2-17(8-21-5-1)11-23-14-19-13-22(10-18(19)12-24-15-19)9-16-3-6-20-7-4-16;3*3-2(4,5)1(6)7/h1-8,18H,9-15H2;3*(H,6,7)/t18-,19-;;;/m1.../s1. The minimum atomic E-state index is -5.08. The SMILES string of the molecule is O=C(O)C(F)(F)F.O=C(O)C(F)(F)F.O=C(O)C(F)(F)F.c1cncc(COC[C@]23COC[C@H]2CN(Cc2ccncc2)C3)c1. The number of likely N-dealkylation sites (tertiary alicyclic amines) is 1. The Kier molecular flexibility index (Phi) is 14.6. The molecule has 0 unspecified atom stereocenters. The third kappa shape index (κ3) is 14.5. The van der Waals surface area contributed by atoms with Crippen LogP contribution in [0, 0.1) is 11.3 Å². The van der Waals surface area contributed by atoms with Gasteiger partial charge in [-0.1, -0.05) is 6.07 Å². The first-order valence-corrected chi connectivity index (χ1v) is 12.2. The second-order valence-corrected chi connectivity index (χ2v) is 9.36. The van der Waals surface area contributed by atoms with E-state index in [4.69, 9.17) is 39.2 Å². The molecule has 0 radical (unpaired) electrons. The van der Waals surface area contributed by atoms with Gasteiger partial charge in [0, 0.05) is 55.8 Å². The van der Waals surface area contributed by atoms with Crippen LogP contribution in [-0.4, -0.2) is 99.5 Å². The Balaban J connectivity index is 0.000000396. The first-order valence-electron chi connectivity index (χ1n) is 12.2. The van der Waals surface area contributed by atoms with Gasteiger partial charge < -0.3 is 24.8 Å². The molecule has 2 saturated heterocycles. The Morgan fingerprint density at radius 2 is 1.36 bits per heavy atom. The van der Waals surface area contributed by atoms with E-state index < -0.39 is 36.4 Å². The average molecular weight is 667 g/mol. The fraction of sp³-hybridized carbons (Fsp3) is 0.480. The maximum Gasteiger partial charge on any atom is 0.490 e. The number of halogens is 9. The summed E-state index contributed by atoms with van der Waals surface area (Å²) in [7, 11) is 0. The summed E-state index contributed by atoms with van der Waals surface area (Å²) in [5, 5.41) is 21.4. The number of fused-ring (bicyclic) bond motifs is 1. The highest BCUT2D eigenvalue weighted by atomic mass is 19.4. The lowest BCUT2D eigenvalue weighted by atomic mass is 9.82. The molecule has 4 heterocycles. The monoisotopic (exact) mass is 667 g/mol. The van der Waals surface area contributed by atoms with Gasteiger partial charge in [-0.05, 0) is 29.3 Å². The molecule has 0 spiro atoms. The second-order valence-electron chi connectivity index (χ2n) is 9.36. The summed E-state index contributed by atoms with van der Waals surface area (Å²) in [6.45, 7) is 6.11. The number of rotatable bonds is 6. The molecule has 2 atom stereocenters. The van der Waals surface area contributed by atoms with Gasteiger partial charge >= 0.3 is 36.4 Å². The van der Waals surface area contributed by atoms with E-state index in [9.17, 15) is 39.5 Å². The van der Waals surface area contributed by atoms with Crippen molar-refractivity contribution in [2.75, 3.05) is 32.9 Å². The highest BCUT2D eigenvalue weighted by Gasteiger charge is 2.50. The first kappa shape index (κ1) is 39.0. The number of hydrogen-bond acceptors (Lipinski definition) is 8. The number of hydrogen-bond donors (Lipinski definition) is 3. The van der Waals surface area contributed by atoms with Crippen molar-refractivity contribution in [2.24, 2.45) is 11.3 Å². The van der Waals surface area contributed by atoms with Gasteiger partial charge in [0.2, 0.25) is 0 Å². The molecule has 0 bridgehead atoms. The van der Waals surface area contributed by atoms with Crippen molar-refractivity contribution in [1.29, 1.82) is 0 Å². The zero-order chi connectivity index (χ0) is 34.5. The minimum Gasteiger partial charge on any atom is -0.475 e. The molecule has 3 N–H and O–H groups in total. The third-order valence-corrected chi connectivity index (χ3v) is 5.86. The molecule has 2 aliphatic rings. The van der Waals surface area contributed by atoms with Crippen LogP contribution in [0.5, 0.6) is 0 Å². The minimum absolute atomic E-state index is 0.134. The summed E-state index contributed by atoms with van der Waals surface area (Å²) < 4.78 is 107. The van der Waals surface area contributed by atoms with Crippen LogP contribution in [0.4, 0.5) is 39.5 Å². The van der Waals surface area contributed by atoms with Crippen LogP contribution >= 0.6 is 0 Å². The average Bonchev–Trinajstić information content (AvgIpc) is 3.46. The van der Waals surface area contributed by atoms with E-state index in [1.54, 1.807) is 6.20 Å². The molecule has 0 aliphatic carbocycles. The fourth-order valence-corrected chi connectivity index (χ4v) is 3.87. The van der Waals surface area contributed by atoms with Gasteiger partial charge in [-0.15, -0.1) is 0 Å².